The highest BCUT2D eigenvalue weighted by atomic mass is 16.3. The lowest BCUT2D eigenvalue weighted by molar-refractivity contribution is -0.161. The summed E-state index contributed by atoms with van der Waals surface area (Å²) in [6, 6.07) is 6.88. The van der Waals surface area contributed by atoms with Crippen molar-refractivity contribution in [3.05, 3.63) is 29.8 Å². The Morgan fingerprint density at radius 3 is 2.41 bits per heavy atom. The van der Waals surface area contributed by atoms with Crippen LogP contribution in [0.4, 0.5) is 0 Å². The molecule has 1 aromatic carbocycles. The molecule has 29 heavy (non-hydrogen) atoms. The predicted octanol–water partition coefficient (Wildman–Crippen LogP) is 2.90. The Balaban J connectivity index is 1.72. The van der Waals surface area contributed by atoms with Crippen molar-refractivity contribution in [2.24, 2.45) is 5.92 Å². The van der Waals surface area contributed by atoms with Crippen molar-refractivity contribution in [3.8, 4) is 5.75 Å². The number of carbonyl (C=O) groups excluding carboxylic acids is 2. The number of carbonyl (C=O) groups is 2. The van der Waals surface area contributed by atoms with Crippen molar-refractivity contribution in [2.45, 2.75) is 71.0 Å². The van der Waals surface area contributed by atoms with E-state index in [4.69, 9.17) is 0 Å². The highest BCUT2D eigenvalue weighted by molar-refractivity contribution is 6.00. The molecule has 1 unspecified atom stereocenters. The Morgan fingerprint density at radius 1 is 1.17 bits per heavy atom. The second-order valence-corrected chi connectivity index (χ2v) is 8.97. The largest absolute Gasteiger partial charge is 0.508 e. The topological polar surface area (TPSA) is 72.9 Å². The van der Waals surface area contributed by atoms with Crippen molar-refractivity contribution in [2.75, 3.05) is 19.6 Å². The molecule has 1 aromatic rings. The van der Waals surface area contributed by atoms with Crippen molar-refractivity contribution in [1.29, 1.82) is 0 Å². The molecule has 2 heterocycles. The van der Waals surface area contributed by atoms with Gasteiger partial charge in [-0.25, -0.2) is 0 Å². The molecule has 1 atom stereocenters. The molecule has 1 spiro atoms. The Kier molecular flexibility index (Phi) is 6.83. The molecule has 160 valence electrons. The third-order valence-electron chi connectivity index (χ3n) is 6.28. The fourth-order valence-electron chi connectivity index (χ4n) is 4.59. The second kappa shape index (κ2) is 9.16. The molecule has 3 rings (SSSR count). The number of hydrogen-bond acceptors (Lipinski definition) is 4. The molecule has 0 aliphatic carbocycles. The van der Waals surface area contributed by atoms with E-state index in [-0.39, 0.29) is 23.6 Å². The van der Waals surface area contributed by atoms with E-state index in [0.29, 0.717) is 31.7 Å². The van der Waals surface area contributed by atoms with Crippen LogP contribution in [-0.2, 0) is 16.1 Å². The minimum atomic E-state index is -0.703. The number of piperidine rings is 1. The molecule has 2 saturated heterocycles. The summed E-state index contributed by atoms with van der Waals surface area (Å²) in [4.78, 5) is 30.7. The van der Waals surface area contributed by atoms with Gasteiger partial charge < -0.3 is 15.3 Å². The predicted molar refractivity (Wildman–Crippen MR) is 113 cm³/mol. The molecule has 0 radical (unpaired) electrons. The number of nitrogens with one attached hydrogen (secondary N) is 1. The van der Waals surface area contributed by atoms with Crippen molar-refractivity contribution in [1.82, 2.24) is 15.1 Å². The van der Waals surface area contributed by atoms with Crippen LogP contribution in [0.2, 0.25) is 0 Å². The van der Waals surface area contributed by atoms with Gasteiger partial charge in [-0.05, 0) is 49.3 Å². The smallest absolute Gasteiger partial charge is 0.246 e. The third-order valence-corrected chi connectivity index (χ3v) is 6.28. The van der Waals surface area contributed by atoms with Crippen LogP contribution >= 0.6 is 0 Å². The lowest BCUT2D eigenvalue weighted by Crippen LogP contribution is -2.73. The molecule has 6 heteroatoms. The van der Waals surface area contributed by atoms with Crippen LogP contribution < -0.4 is 5.32 Å². The average molecular weight is 402 g/mol. The Morgan fingerprint density at radius 2 is 1.83 bits per heavy atom. The molecular weight excluding hydrogens is 366 g/mol. The average Bonchev–Trinajstić information content (AvgIpc) is 2.69. The number of rotatable bonds is 7. The lowest BCUT2D eigenvalue weighted by Gasteiger charge is -2.52. The quantitative estimate of drug-likeness (QED) is 0.737. The number of hydrogen-bond donors (Lipinski definition) is 2. The number of nitrogens with zero attached hydrogens (tertiary/aromatic N) is 2. The number of piperazine rings is 1. The Labute approximate surface area is 174 Å². The molecule has 2 amide bonds. The summed E-state index contributed by atoms with van der Waals surface area (Å²) in [5.41, 5.74) is 0.438. The van der Waals surface area contributed by atoms with Crippen LogP contribution in [0.25, 0.3) is 0 Å². The summed E-state index contributed by atoms with van der Waals surface area (Å²) < 4.78 is 0. The molecule has 2 aliphatic heterocycles. The zero-order valence-electron chi connectivity index (χ0n) is 18.0. The van der Waals surface area contributed by atoms with Crippen LogP contribution in [0, 0.1) is 5.92 Å². The van der Waals surface area contributed by atoms with Gasteiger partial charge in [0, 0.05) is 26.2 Å². The van der Waals surface area contributed by atoms with Crippen LogP contribution in [0.15, 0.2) is 24.3 Å². The summed E-state index contributed by atoms with van der Waals surface area (Å²) in [5.74, 6) is 0.756. The van der Waals surface area contributed by atoms with E-state index in [0.717, 1.165) is 38.0 Å². The number of phenolic OH excluding ortho intramolecular Hbond substituents is 1. The van der Waals surface area contributed by atoms with Crippen LogP contribution in [0.3, 0.4) is 0 Å². The molecule has 0 saturated carbocycles. The SMILES string of the molecule is CCCCN1C(=O)C(CC(C)C)NC(=O)C12CCN(Cc1ccc(O)cc1)CC2. The van der Waals surface area contributed by atoms with E-state index in [1.807, 2.05) is 17.0 Å². The number of likely N-dealkylation sites (tertiary alicyclic amines) is 1. The Bertz CT molecular complexity index is 709. The highest BCUT2D eigenvalue weighted by Gasteiger charge is 2.53. The number of unbranched alkanes of at least 4 members (excludes halogenated alkanes) is 1. The fraction of sp³-hybridized carbons (Fsp3) is 0.652. The van der Waals surface area contributed by atoms with Crippen molar-refractivity contribution >= 4 is 11.8 Å². The zero-order valence-corrected chi connectivity index (χ0v) is 18.0. The summed E-state index contributed by atoms with van der Waals surface area (Å²) in [6.07, 6.45) is 3.95. The lowest BCUT2D eigenvalue weighted by atomic mass is 9.80. The normalized spacial score (nSPS) is 22.3. The van der Waals surface area contributed by atoms with E-state index in [2.05, 4.69) is 31.0 Å². The van der Waals surface area contributed by atoms with Gasteiger partial charge in [0.15, 0.2) is 0 Å². The van der Waals surface area contributed by atoms with Gasteiger partial charge in [0.25, 0.3) is 0 Å². The standard InChI is InChI=1S/C23H35N3O3/c1-4-5-12-26-21(28)20(15-17(2)3)24-22(29)23(26)10-13-25(14-11-23)16-18-6-8-19(27)9-7-18/h6-9,17,20,27H,4-5,10-16H2,1-3H3,(H,24,29). The maximum Gasteiger partial charge on any atom is 0.246 e. The summed E-state index contributed by atoms with van der Waals surface area (Å²) in [6.45, 7) is 9.29. The molecule has 0 aromatic heterocycles. The Hall–Kier alpha value is -2.08. The summed E-state index contributed by atoms with van der Waals surface area (Å²) in [7, 11) is 0. The zero-order chi connectivity index (χ0) is 21.0. The monoisotopic (exact) mass is 401 g/mol. The minimum Gasteiger partial charge on any atom is -0.508 e. The van der Waals surface area contributed by atoms with Gasteiger partial charge in [-0.15, -0.1) is 0 Å². The maximum atomic E-state index is 13.3. The highest BCUT2D eigenvalue weighted by Crippen LogP contribution is 2.34. The van der Waals surface area contributed by atoms with Gasteiger partial charge >= 0.3 is 0 Å². The molecule has 6 nitrogen and oxygen atoms in total. The molecule has 2 aliphatic rings. The first-order valence-electron chi connectivity index (χ1n) is 11.0. The fourth-order valence-corrected chi connectivity index (χ4v) is 4.59. The van der Waals surface area contributed by atoms with E-state index in [9.17, 15) is 14.7 Å². The second-order valence-electron chi connectivity index (χ2n) is 8.97. The van der Waals surface area contributed by atoms with Gasteiger partial charge in [0.2, 0.25) is 11.8 Å². The third kappa shape index (κ3) is 4.74. The maximum absolute atomic E-state index is 13.3. The van der Waals surface area contributed by atoms with E-state index in [1.165, 1.54) is 0 Å². The summed E-state index contributed by atoms with van der Waals surface area (Å²) in [5, 5.41) is 12.5. The number of amides is 2. The van der Waals surface area contributed by atoms with E-state index < -0.39 is 5.54 Å². The first-order valence-corrected chi connectivity index (χ1v) is 11.0. The molecule has 0 bridgehead atoms. The van der Waals surface area contributed by atoms with Gasteiger partial charge in [0.05, 0.1) is 0 Å². The van der Waals surface area contributed by atoms with Gasteiger partial charge in [-0.1, -0.05) is 39.3 Å². The first kappa shape index (κ1) is 21.6. The van der Waals surface area contributed by atoms with E-state index in [1.54, 1.807) is 12.1 Å². The van der Waals surface area contributed by atoms with Crippen molar-refractivity contribution in [3.63, 3.8) is 0 Å². The minimum absolute atomic E-state index is 0.0307. The molecular formula is C23H35N3O3. The molecule has 2 N–H and O–H groups in total. The van der Waals surface area contributed by atoms with Crippen molar-refractivity contribution < 1.29 is 14.7 Å². The van der Waals surface area contributed by atoms with E-state index >= 15 is 0 Å². The molecule has 2 fully saturated rings. The van der Waals surface area contributed by atoms with Gasteiger partial charge in [-0.3, -0.25) is 14.5 Å². The summed E-state index contributed by atoms with van der Waals surface area (Å²) >= 11 is 0. The number of benzene rings is 1. The van der Waals surface area contributed by atoms with Gasteiger partial charge in [0.1, 0.15) is 17.3 Å². The number of aromatic hydroxyl groups is 1. The van der Waals surface area contributed by atoms with Crippen LogP contribution in [0.5, 0.6) is 5.75 Å². The van der Waals surface area contributed by atoms with Gasteiger partial charge in [-0.2, -0.15) is 0 Å². The first-order chi connectivity index (χ1) is 13.9. The van der Waals surface area contributed by atoms with Crippen LogP contribution in [0.1, 0.15) is 58.4 Å². The van der Waals surface area contributed by atoms with Crippen LogP contribution in [-0.4, -0.2) is 57.9 Å². The number of phenols is 1.